The fourth-order valence-electron chi connectivity index (χ4n) is 9.27. The number of carbonyl (C=O) groups is 8. The molecule has 0 bridgehead atoms. The number of benzene rings is 2. The predicted molar refractivity (Wildman–Crippen MR) is 226 cm³/mol. The Morgan fingerprint density at radius 3 is 1.21 bits per heavy atom. The van der Waals surface area contributed by atoms with Gasteiger partial charge >= 0.3 is 37.3 Å². The van der Waals surface area contributed by atoms with Crippen LogP contribution in [0, 0.1) is 11.8 Å². The Bertz CT molecular complexity index is 2020. The molecule has 4 saturated heterocycles. The molecule has 2 aromatic rings. The number of fused-ring (bicyclic) bond motifs is 2. The Hall–Kier alpha value is -4.59. The number of carbonyl (C=O) groups excluding carboxylic acids is 8. The Kier molecular flexibility index (Phi) is 13.8. The zero-order chi connectivity index (χ0) is 45.4. The van der Waals surface area contributed by atoms with Gasteiger partial charge in [0.2, 0.25) is 11.8 Å². The van der Waals surface area contributed by atoms with Gasteiger partial charge in [-0.1, -0.05) is 74.1 Å². The van der Waals surface area contributed by atoms with E-state index < -0.39 is 94.6 Å². The summed E-state index contributed by atoms with van der Waals surface area (Å²) >= 11 is 24.4. The van der Waals surface area contributed by atoms with Crippen molar-refractivity contribution in [2.24, 2.45) is 11.8 Å². The van der Waals surface area contributed by atoms with Crippen LogP contribution >= 0.6 is 46.4 Å². The van der Waals surface area contributed by atoms with E-state index in [0.29, 0.717) is 0 Å². The highest BCUT2D eigenvalue weighted by Gasteiger charge is 2.74. The molecule has 6 rings (SSSR count). The van der Waals surface area contributed by atoms with Gasteiger partial charge in [0.1, 0.15) is 26.2 Å². The minimum atomic E-state index is -3.04. The van der Waals surface area contributed by atoms with Gasteiger partial charge in [-0.2, -0.15) is 0 Å². The molecule has 0 saturated carbocycles. The third kappa shape index (κ3) is 9.36. The van der Waals surface area contributed by atoms with Crippen LogP contribution in [-0.4, -0.2) is 134 Å². The van der Waals surface area contributed by atoms with Crippen molar-refractivity contribution in [2.75, 3.05) is 52.4 Å². The average Bonchev–Trinajstić information content (AvgIpc) is 3.81. The first-order valence-electron chi connectivity index (χ1n) is 20.1. The van der Waals surface area contributed by atoms with Crippen molar-refractivity contribution in [1.82, 2.24) is 21.3 Å². The van der Waals surface area contributed by atoms with Crippen molar-refractivity contribution >= 4 is 107 Å². The van der Waals surface area contributed by atoms with Crippen LogP contribution in [-0.2, 0) is 47.4 Å². The third-order valence-electron chi connectivity index (χ3n) is 11.8. The summed E-state index contributed by atoms with van der Waals surface area (Å²) in [5.74, 6) is -8.04. The molecule has 0 spiro atoms. The van der Waals surface area contributed by atoms with Gasteiger partial charge in [0.15, 0.2) is 0 Å². The normalized spacial score (nSPS) is 25.9. The van der Waals surface area contributed by atoms with Crippen LogP contribution in [0.3, 0.4) is 0 Å². The zero-order valence-electron chi connectivity index (χ0n) is 34.3. The van der Waals surface area contributed by atoms with Gasteiger partial charge in [0.05, 0.1) is 59.2 Å². The monoisotopic (exact) mass is 940 g/mol. The minimum Gasteiger partial charge on any atom is -0.599 e. The first-order chi connectivity index (χ1) is 29.1. The number of quaternary nitrogens is 2. The second-order valence-electron chi connectivity index (χ2n) is 17.2. The molecule has 0 radical (unpaired) electrons. The van der Waals surface area contributed by atoms with Gasteiger partial charge < -0.3 is 48.7 Å². The van der Waals surface area contributed by atoms with E-state index in [1.54, 1.807) is 0 Å². The molecule has 334 valence electrons. The van der Waals surface area contributed by atoms with E-state index >= 15 is 0 Å². The summed E-state index contributed by atoms with van der Waals surface area (Å²) in [6.45, 7) is -1.37. The highest BCUT2D eigenvalue weighted by atomic mass is 35.5. The van der Waals surface area contributed by atoms with Gasteiger partial charge in [-0.05, 0) is 61.1 Å². The van der Waals surface area contributed by atoms with E-state index in [0.717, 1.165) is 0 Å². The highest BCUT2D eigenvalue weighted by Crippen LogP contribution is 2.44. The van der Waals surface area contributed by atoms with Gasteiger partial charge in [0, 0.05) is 10.0 Å². The number of rotatable bonds is 17. The summed E-state index contributed by atoms with van der Waals surface area (Å²) in [4.78, 5) is 107. The number of nitrogens with one attached hydrogen (secondary N) is 4. The largest absolute Gasteiger partial charge is 0.605 e. The third-order valence-corrected chi connectivity index (χ3v) is 12.9. The lowest BCUT2D eigenvalue weighted by molar-refractivity contribution is -0.875. The molecule has 24 heteroatoms. The molecule has 0 aliphatic carbocycles. The molecule has 4 N–H and O–H groups in total. The molecular formula is C38H46B2Cl4N6O12. The van der Waals surface area contributed by atoms with Crippen LogP contribution < -0.4 is 21.3 Å². The first-order valence-corrected chi connectivity index (χ1v) is 21.6. The number of hydrogen-bond donors (Lipinski definition) is 4. The summed E-state index contributed by atoms with van der Waals surface area (Å²) in [7, 11) is 0. The quantitative estimate of drug-likeness (QED) is 0.168. The molecule has 4 amide bonds. The molecule has 2 atom stereocenters. The van der Waals surface area contributed by atoms with E-state index in [-0.39, 0.29) is 95.2 Å². The summed E-state index contributed by atoms with van der Waals surface area (Å²) in [6.07, 6.45) is 0.333. The Morgan fingerprint density at radius 2 is 0.903 bits per heavy atom. The van der Waals surface area contributed by atoms with E-state index in [1.165, 1.54) is 36.4 Å². The number of amides is 4. The lowest BCUT2D eigenvalue weighted by Gasteiger charge is -2.52. The van der Waals surface area contributed by atoms with Gasteiger partial charge in [0.25, 0.3) is 11.8 Å². The van der Waals surface area contributed by atoms with E-state index in [9.17, 15) is 38.4 Å². The summed E-state index contributed by atoms with van der Waals surface area (Å²) in [5.41, 5.74) is 0.0809. The maximum absolute atomic E-state index is 13.6. The van der Waals surface area contributed by atoms with Crippen LogP contribution in [0.1, 0.15) is 61.3 Å². The summed E-state index contributed by atoms with van der Waals surface area (Å²) in [6, 6.07) is 8.58. The topological polar surface area (TPSA) is 222 Å². The number of nitrogens with zero attached hydrogens (tertiary/aromatic N) is 2. The SMILES string of the molecule is CC(C)C[C@H](NC(=O)CNC(=O)c1cc(Cl)ccc1Cl)[B-]12OC(=O)C[N+]1(CC[N+]13CC(=O)O[B-]1([C@H](CC(C)C)NC(=O)CNC(=O)c1cc(Cl)ccc1Cl)OC(=O)C3)CC(=O)O2. The number of halogens is 4. The fourth-order valence-corrected chi connectivity index (χ4v) is 10.0. The van der Waals surface area contributed by atoms with Crippen LogP contribution in [0.4, 0.5) is 0 Å². The number of hydrogen-bond acceptors (Lipinski definition) is 12. The summed E-state index contributed by atoms with van der Waals surface area (Å²) in [5, 5.41) is 11.4. The van der Waals surface area contributed by atoms with Crippen LogP contribution in [0.5, 0.6) is 0 Å². The van der Waals surface area contributed by atoms with Crippen LogP contribution in [0.15, 0.2) is 36.4 Å². The van der Waals surface area contributed by atoms with E-state index in [1.807, 2.05) is 27.7 Å². The minimum absolute atomic E-state index is 0.0405. The van der Waals surface area contributed by atoms with Gasteiger partial charge in [-0.25, -0.2) is 0 Å². The molecule has 4 aliphatic heterocycles. The smallest absolute Gasteiger partial charge is 0.599 e. The molecular weight excluding hydrogens is 896 g/mol. The summed E-state index contributed by atoms with van der Waals surface area (Å²) < 4.78 is 23.1. The molecule has 18 nitrogen and oxygen atoms in total. The van der Waals surface area contributed by atoms with Crippen molar-refractivity contribution in [3.8, 4) is 0 Å². The molecule has 4 heterocycles. The molecule has 4 aliphatic rings. The van der Waals surface area contributed by atoms with Gasteiger partial charge in [-0.15, -0.1) is 0 Å². The van der Waals surface area contributed by atoms with E-state index in [2.05, 4.69) is 21.3 Å². The van der Waals surface area contributed by atoms with Crippen molar-refractivity contribution < 1.29 is 65.8 Å². The predicted octanol–water partition coefficient (Wildman–Crippen LogP) is 2.34. The van der Waals surface area contributed by atoms with Crippen LogP contribution in [0.2, 0.25) is 20.1 Å². The second-order valence-corrected chi connectivity index (χ2v) is 18.8. The van der Waals surface area contributed by atoms with Crippen LogP contribution in [0.25, 0.3) is 0 Å². The highest BCUT2D eigenvalue weighted by molar-refractivity contribution is 6.68. The molecule has 4 fully saturated rings. The maximum atomic E-state index is 13.6. The Balaban J connectivity index is 1.26. The lowest BCUT2D eigenvalue weighted by Crippen LogP contribution is -2.77. The maximum Gasteiger partial charge on any atom is 0.605 e. The lowest BCUT2D eigenvalue weighted by atomic mass is 9.56. The molecule has 0 unspecified atom stereocenters. The molecule has 62 heavy (non-hydrogen) atoms. The van der Waals surface area contributed by atoms with Crippen molar-refractivity contribution in [1.29, 1.82) is 0 Å². The zero-order valence-corrected chi connectivity index (χ0v) is 37.3. The standard InChI is InChI=1S/C38H46B2Cl4N6O12/c1-21(2)11-29(47-31(51)15-45-37(57)25-13-23(41)5-7-27(25)43)39-49(17-33(53)59-39,18-34(54)60-39)9-10-50-19-35(55)61-40(50,62-36(56)20-50)30(12-22(3)4)48-32(52)16-46-38(58)26-14-24(42)6-8-28(26)44/h5-8,13-14,21-22,29-30H,9-12,15-20H2,1-4H3,(H,45,57)(H,46,58)(H,47,51)(H,48,52)/t29-,30-,39?,40?,49?,50?/m0/s1. The Morgan fingerprint density at radius 1 is 0.581 bits per heavy atom. The fraction of sp³-hybridized carbons (Fsp3) is 0.474. The van der Waals surface area contributed by atoms with Gasteiger partial charge in [-0.3, -0.25) is 38.4 Å². The second kappa shape index (κ2) is 18.3. The van der Waals surface area contributed by atoms with E-state index in [4.69, 9.17) is 65.0 Å². The van der Waals surface area contributed by atoms with Crippen molar-refractivity contribution in [3.05, 3.63) is 67.6 Å². The molecule has 2 aromatic carbocycles. The molecule has 0 aromatic heterocycles. The average molecular weight is 942 g/mol. The first kappa shape index (κ1) is 46.9. The van der Waals surface area contributed by atoms with Crippen molar-refractivity contribution in [3.63, 3.8) is 0 Å². The van der Waals surface area contributed by atoms with Crippen molar-refractivity contribution in [2.45, 2.75) is 52.4 Å². The Labute approximate surface area is 377 Å².